The van der Waals surface area contributed by atoms with Crippen molar-refractivity contribution in [2.75, 3.05) is 33.3 Å². The number of nitrogens with one attached hydrogen (secondary N) is 1. The Labute approximate surface area is 118 Å². The van der Waals surface area contributed by atoms with Gasteiger partial charge in [0.25, 0.3) is 0 Å². The first kappa shape index (κ1) is 15.6. The average molecular weight is 315 g/mol. The maximum absolute atomic E-state index is 8.98. The smallest absolute Gasteiger partial charge is 0.0558 e. The highest BCUT2D eigenvalue weighted by atomic mass is 79.9. The summed E-state index contributed by atoms with van der Waals surface area (Å²) >= 11 is 3.45. The molecule has 0 aliphatic heterocycles. The van der Waals surface area contributed by atoms with Crippen LogP contribution in [0.4, 0.5) is 0 Å². The highest BCUT2D eigenvalue weighted by molar-refractivity contribution is 9.10. The number of benzene rings is 1. The molecule has 0 saturated heterocycles. The van der Waals surface area contributed by atoms with E-state index in [4.69, 9.17) is 5.11 Å². The Morgan fingerprint density at radius 3 is 2.44 bits per heavy atom. The second-order valence-corrected chi connectivity index (χ2v) is 5.26. The molecule has 4 heteroatoms. The van der Waals surface area contributed by atoms with Gasteiger partial charge in [-0.15, -0.1) is 0 Å². The third-order valence-corrected chi connectivity index (χ3v) is 3.75. The summed E-state index contributed by atoms with van der Waals surface area (Å²) in [5, 5.41) is 12.3. The molecule has 18 heavy (non-hydrogen) atoms. The lowest BCUT2D eigenvalue weighted by molar-refractivity contribution is 0.196. The molecule has 0 aliphatic carbocycles. The van der Waals surface area contributed by atoms with Gasteiger partial charge in [0.05, 0.1) is 6.61 Å². The molecule has 0 heterocycles. The van der Waals surface area contributed by atoms with Crippen LogP contribution in [0.2, 0.25) is 0 Å². The fraction of sp³-hybridized carbons (Fsp3) is 0.571. The van der Waals surface area contributed by atoms with Crippen LogP contribution in [-0.4, -0.2) is 43.3 Å². The summed E-state index contributed by atoms with van der Waals surface area (Å²) in [5.74, 6) is 0. The van der Waals surface area contributed by atoms with E-state index in [-0.39, 0.29) is 6.61 Å². The van der Waals surface area contributed by atoms with Crippen LogP contribution >= 0.6 is 15.9 Å². The molecule has 1 unspecified atom stereocenters. The molecule has 0 amide bonds. The van der Waals surface area contributed by atoms with E-state index in [1.807, 2.05) is 7.05 Å². The maximum Gasteiger partial charge on any atom is 0.0558 e. The van der Waals surface area contributed by atoms with Crippen molar-refractivity contribution in [2.24, 2.45) is 0 Å². The first-order valence-electron chi connectivity index (χ1n) is 6.47. The molecule has 0 saturated carbocycles. The van der Waals surface area contributed by atoms with E-state index in [0.717, 1.165) is 30.5 Å². The summed E-state index contributed by atoms with van der Waals surface area (Å²) < 4.78 is 1.11. The highest BCUT2D eigenvalue weighted by Gasteiger charge is 2.11. The molecule has 0 bridgehead atoms. The summed E-state index contributed by atoms with van der Waals surface area (Å²) in [4.78, 5) is 2.27. The van der Waals surface area contributed by atoms with Crippen LogP contribution in [0.1, 0.15) is 24.9 Å². The first-order valence-corrected chi connectivity index (χ1v) is 7.26. The van der Waals surface area contributed by atoms with Gasteiger partial charge in [0.15, 0.2) is 0 Å². The van der Waals surface area contributed by atoms with Gasteiger partial charge in [0.2, 0.25) is 0 Å². The van der Waals surface area contributed by atoms with Crippen molar-refractivity contribution < 1.29 is 5.11 Å². The third kappa shape index (κ3) is 5.06. The molecule has 1 atom stereocenters. The second kappa shape index (κ2) is 8.64. The summed E-state index contributed by atoms with van der Waals surface area (Å²) in [7, 11) is 2.00. The lowest BCUT2D eigenvalue weighted by atomic mass is 10.0. The van der Waals surface area contributed by atoms with Crippen molar-refractivity contribution in [1.29, 1.82) is 0 Å². The molecule has 0 fully saturated rings. The van der Waals surface area contributed by atoms with E-state index in [0.29, 0.717) is 6.04 Å². The van der Waals surface area contributed by atoms with Crippen molar-refractivity contribution in [3.63, 3.8) is 0 Å². The molecule has 102 valence electrons. The normalized spacial score (nSPS) is 12.9. The zero-order chi connectivity index (χ0) is 13.4. The summed E-state index contributed by atoms with van der Waals surface area (Å²) in [6.07, 6.45) is 1.05. The maximum atomic E-state index is 8.98. The number of likely N-dealkylation sites (N-methyl/N-ethyl adjacent to an activating group) is 1. The summed E-state index contributed by atoms with van der Waals surface area (Å²) in [6, 6.07) is 8.81. The second-order valence-electron chi connectivity index (χ2n) is 4.34. The minimum Gasteiger partial charge on any atom is -0.395 e. The van der Waals surface area contributed by atoms with Crippen molar-refractivity contribution >= 4 is 15.9 Å². The van der Waals surface area contributed by atoms with Crippen molar-refractivity contribution in [1.82, 2.24) is 10.2 Å². The molecule has 0 spiro atoms. The Morgan fingerprint density at radius 1 is 1.28 bits per heavy atom. The molecule has 1 aromatic carbocycles. The molecular weight excluding hydrogens is 292 g/mol. The van der Waals surface area contributed by atoms with Crippen molar-refractivity contribution in [3.05, 3.63) is 34.3 Å². The Hall–Kier alpha value is -0.420. The zero-order valence-electron chi connectivity index (χ0n) is 11.2. The molecule has 0 aliphatic rings. The first-order chi connectivity index (χ1) is 8.71. The van der Waals surface area contributed by atoms with Gasteiger partial charge in [-0.1, -0.05) is 35.0 Å². The van der Waals surface area contributed by atoms with Gasteiger partial charge in [0, 0.05) is 23.6 Å². The van der Waals surface area contributed by atoms with Gasteiger partial charge < -0.3 is 15.3 Å². The van der Waals surface area contributed by atoms with Crippen LogP contribution in [0.15, 0.2) is 28.7 Å². The van der Waals surface area contributed by atoms with Gasteiger partial charge in [0.1, 0.15) is 0 Å². The predicted molar refractivity (Wildman–Crippen MR) is 79.8 cm³/mol. The van der Waals surface area contributed by atoms with Gasteiger partial charge in [-0.05, 0) is 37.7 Å². The lowest BCUT2D eigenvalue weighted by Crippen LogP contribution is -2.30. The topological polar surface area (TPSA) is 35.5 Å². The zero-order valence-corrected chi connectivity index (χ0v) is 12.8. The van der Waals surface area contributed by atoms with E-state index in [9.17, 15) is 0 Å². The molecule has 1 rings (SSSR count). The largest absolute Gasteiger partial charge is 0.395 e. The standard InChI is InChI=1S/C14H23BrN2O/c1-3-17(10-11-18)9-8-14(16-2)12-4-6-13(15)7-5-12/h4-7,14,16,18H,3,8-11H2,1-2H3. The molecule has 0 aromatic heterocycles. The molecular formula is C14H23BrN2O. The van der Waals surface area contributed by atoms with Crippen molar-refractivity contribution in [3.8, 4) is 0 Å². The van der Waals surface area contributed by atoms with Crippen LogP contribution in [0.25, 0.3) is 0 Å². The van der Waals surface area contributed by atoms with Crippen molar-refractivity contribution in [2.45, 2.75) is 19.4 Å². The number of rotatable bonds is 8. The van der Waals surface area contributed by atoms with Gasteiger partial charge in [-0.2, -0.15) is 0 Å². The molecule has 3 nitrogen and oxygen atoms in total. The van der Waals surface area contributed by atoms with Crippen LogP contribution < -0.4 is 5.32 Å². The van der Waals surface area contributed by atoms with E-state index in [1.165, 1.54) is 5.56 Å². The minimum absolute atomic E-state index is 0.232. The number of aliphatic hydroxyl groups excluding tert-OH is 1. The van der Waals surface area contributed by atoms with Gasteiger partial charge in [-0.3, -0.25) is 0 Å². The summed E-state index contributed by atoms with van der Waals surface area (Å²) in [6.45, 7) is 5.10. The fourth-order valence-corrected chi connectivity index (χ4v) is 2.32. The van der Waals surface area contributed by atoms with Crippen LogP contribution in [-0.2, 0) is 0 Å². The number of nitrogens with zero attached hydrogens (tertiary/aromatic N) is 1. The van der Waals surface area contributed by atoms with E-state index in [1.54, 1.807) is 0 Å². The minimum atomic E-state index is 0.232. The third-order valence-electron chi connectivity index (χ3n) is 3.22. The Bertz CT molecular complexity index is 329. The fourth-order valence-electron chi connectivity index (χ4n) is 2.05. The number of halogens is 1. The monoisotopic (exact) mass is 314 g/mol. The van der Waals surface area contributed by atoms with E-state index in [2.05, 4.69) is 57.3 Å². The van der Waals surface area contributed by atoms with Crippen LogP contribution in [0.3, 0.4) is 0 Å². The summed E-state index contributed by atoms with van der Waals surface area (Å²) in [5.41, 5.74) is 1.31. The molecule has 0 radical (unpaired) electrons. The number of hydrogen-bond acceptors (Lipinski definition) is 3. The van der Waals surface area contributed by atoms with E-state index < -0.39 is 0 Å². The van der Waals surface area contributed by atoms with Crippen LogP contribution in [0.5, 0.6) is 0 Å². The lowest BCUT2D eigenvalue weighted by Gasteiger charge is -2.23. The van der Waals surface area contributed by atoms with Gasteiger partial charge >= 0.3 is 0 Å². The Morgan fingerprint density at radius 2 is 1.94 bits per heavy atom. The number of hydrogen-bond donors (Lipinski definition) is 2. The molecule has 2 N–H and O–H groups in total. The SMILES string of the molecule is CCN(CCO)CCC(NC)c1ccc(Br)cc1. The van der Waals surface area contributed by atoms with Crippen LogP contribution in [0, 0.1) is 0 Å². The predicted octanol–water partition coefficient (Wildman–Crippen LogP) is 2.41. The quantitative estimate of drug-likeness (QED) is 0.773. The van der Waals surface area contributed by atoms with E-state index >= 15 is 0 Å². The number of aliphatic hydroxyl groups is 1. The Balaban J connectivity index is 2.53. The highest BCUT2D eigenvalue weighted by Crippen LogP contribution is 2.19. The molecule has 1 aromatic rings. The average Bonchev–Trinajstić information content (AvgIpc) is 2.40. The Kier molecular flexibility index (Phi) is 7.51. The van der Waals surface area contributed by atoms with Gasteiger partial charge in [-0.25, -0.2) is 0 Å².